The highest BCUT2D eigenvalue weighted by Gasteiger charge is 2.44. The van der Waals surface area contributed by atoms with E-state index in [-0.39, 0.29) is 23.7 Å². The predicted octanol–water partition coefficient (Wildman–Crippen LogP) is 2.61. The molecule has 4 heterocycles. The van der Waals surface area contributed by atoms with Crippen molar-refractivity contribution in [2.75, 3.05) is 29.9 Å². The minimum Gasteiger partial charge on any atom is -0.394 e. The third kappa shape index (κ3) is 3.92. The maximum atomic E-state index is 14.5. The number of anilines is 2. The number of nitrogens with one attached hydrogen (secondary N) is 2. The second-order valence-corrected chi connectivity index (χ2v) is 9.86. The summed E-state index contributed by atoms with van der Waals surface area (Å²) in [7, 11) is 1.84. The van der Waals surface area contributed by atoms with E-state index in [0.29, 0.717) is 28.5 Å². The van der Waals surface area contributed by atoms with Crippen LogP contribution in [0.5, 0.6) is 0 Å². The van der Waals surface area contributed by atoms with Gasteiger partial charge in [-0.2, -0.15) is 5.10 Å². The molecular weight excluding hydrogens is 449 g/mol. The van der Waals surface area contributed by atoms with Crippen molar-refractivity contribution in [1.82, 2.24) is 24.5 Å². The summed E-state index contributed by atoms with van der Waals surface area (Å²) in [5.41, 5.74) is 3.24. The van der Waals surface area contributed by atoms with Crippen LogP contribution in [0.4, 0.5) is 15.8 Å². The Morgan fingerprint density at radius 3 is 2.89 bits per heavy atom. The molecule has 1 unspecified atom stereocenters. The van der Waals surface area contributed by atoms with E-state index in [1.807, 2.05) is 19.3 Å². The topological polar surface area (TPSA) is 99.7 Å². The second-order valence-electron chi connectivity index (χ2n) is 9.86. The molecule has 1 saturated carbocycles. The van der Waals surface area contributed by atoms with E-state index in [4.69, 9.17) is 0 Å². The monoisotopic (exact) mass is 477 g/mol. The Morgan fingerprint density at radius 2 is 2.11 bits per heavy atom. The van der Waals surface area contributed by atoms with Gasteiger partial charge < -0.3 is 25.0 Å². The van der Waals surface area contributed by atoms with Crippen molar-refractivity contribution < 1.29 is 14.3 Å². The van der Waals surface area contributed by atoms with Crippen LogP contribution < -0.4 is 15.5 Å². The van der Waals surface area contributed by atoms with E-state index in [0.717, 1.165) is 43.4 Å². The Bertz CT molecular complexity index is 1460. The number of aliphatic hydroxyl groups excluding tert-OH is 1. The highest BCUT2D eigenvalue weighted by molar-refractivity contribution is 6.13. The molecule has 0 radical (unpaired) electrons. The number of imidazole rings is 1. The van der Waals surface area contributed by atoms with Crippen LogP contribution in [0.1, 0.15) is 35.3 Å². The van der Waals surface area contributed by atoms with Gasteiger partial charge in [0.25, 0.3) is 5.91 Å². The number of amides is 1. The first kappa shape index (κ1) is 22.0. The molecule has 1 saturated heterocycles. The first-order chi connectivity index (χ1) is 16.8. The molecule has 1 aliphatic carbocycles. The molecule has 10 heteroatoms. The van der Waals surface area contributed by atoms with Gasteiger partial charge in [0.15, 0.2) is 11.5 Å². The third-order valence-corrected chi connectivity index (χ3v) is 7.09. The number of hydrogen-bond acceptors (Lipinski definition) is 6. The number of halogens is 1. The molecule has 3 aromatic heterocycles. The molecule has 1 aliphatic heterocycles. The van der Waals surface area contributed by atoms with Crippen molar-refractivity contribution in [2.24, 2.45) is 7.05 Å². The molecule has 1 atom stereocenters. The average molecular weight is 478 g/mol. The Morgan fingerprint density at radius 1 is 1.29 bits per heavy atom. The van der Waals surface area contributed by atoms with Gasteiger partial charge in [-0.3, -0.25) is 9.48 Å². The molecular formula is C25H28FN7O2. The lowest BCUT2D eigenvalue weighted by molar-refractivity contribution is 0.102. The SMILES string of the molecule is Cc1cn2cc(NC(=O)c3ccc(N4CCC(NC5(CO)CC5)C4)c4cn(C)nc34)cc(F)c2n1. The van der Waals surface area contributed by atoms with E-state index in [9.17, 15) is 14.3 Å². The van der Waals surface area contributed by atoms with Gasteiger partial charge in [0.05, 0.1) is 23.6 Å². The zero-order valence-electron chi connectivity index (χ0n) is 19.8. The van der Waals surface area contributed by atoms with Crippen LogP contribution in [-0.2, 0) is 7.05 Å². The van der Waals surface area contributed by atoms with Crippen molar-refractivity contribution in [3.8, 4) is 0 Å². The molecule has 2 fully saturated rings. The van der Waals surface area contributed by atoms with Crippen LogP contribution in [0.3, 0.4) is 0 Å². The van der Waals surface area contributed by atoms with E-state index in [1.165, 1.54) is 6.07 Å². The van der Waals surface area contributed by atoms with Crippen LogP contribution in [0.25, 0.3) is 16.6 Å². The fourth-order valence-electron chi connectivity index (χ4n) is 5.14. The number of benzene rings is 1. The molecule has 2 aliphatic rings. The minimum absolute atomic E-state index is 0.0931. The molecule has 6 rings (SSSR count). The quantitative estimate of drug-likeness (QED) is 0.395. The summed E-state index contributed by atoms with van der Waals surface area (Å²) in [4.78, 5) is 19.7. The number of aliphatic hydroxyl groups is 1. The summed E-state index contributed by atoms with van der Waals surface area (Å²) in [6.45, 7) is 3.69. The van der Waals surface area contributed by atoms with Gasteiger partial charge in [-0.15, -0.1) is 0 Å². The zero-order valence-corrected chi connectivity index (χ0v) is 19.8. The Labute approximate surface area is 201 Å². The molecule has 1 amide bonds. The number of carbonyl (C=O) groups excluding carboxylic acids is 1. The van der Waals surface area contributed by atoms with Crippen molar-refractivity contribution in [3.05, 3.63) is 53.9 Å². The van der Waals surface area contributed by atoms with Crippen LogP contribution in [0.15, 0.2) is 36.8 Å². The number of fused-ring (bicyclic) bond motifs is 2. The summed E-state index contributed by atoms with van der Waals surface area (Å²) in [5, 5.41) is 21.6. The van der Waals surface area contributed by atoms with Crippen molar-refractivity contribution in [2.45, 2.75) is 37.8 Å². The van der Waals surface area contributed by atoms with E-state index in [2.05, 4.69) is 25.6 Å². The number of aromatic nitrogens is 4. The number of rotatable bonds is 6. The summed E-state index contributed by atoms with van der Waals surface area (Å²) in [6.07, 6.45) is 8.33. The van der Waals surface area contributed by atoms with Gasteiger partial charge in [-0.1, -0.05) is 0 Å². The standard InChI is InChI=1S/C25H28FN7O2/c1-15-10-33-12-17(9-20(26)23(33)27-15)28-24(35)18-3-4-21(19-13-31(2)30-22(18)19)32-8-5-16(11-32)29-25(14-34)6-7-25/h3-4,9-10,12-13,16,29,34H,5-8,11,14H2,1-2H3,(H,28,35). The maximum Gasteiger partial charge on any atom is 0.257 e. The number of carbonyl (C=O) groups is 1. The molecule has 1 aromatic carbocycles. The van der Waals surface area contributed by atoms with E-state index < -0.39 is 5.82 Å². The summed E-state index contributed by atoms with van der Waals surface area (Å²) < 4.78 is 17.8. The van der Waals surface area contributed by atoms with Crippen molar-refractivity contribution >= 4 is 33.8 Å². The van der Waals surface area contributed by atoms with Crippen LogP contribution in [-0.4, -0.2) is 61.5 Å². The average Bonchev–Trinajstić information content (AvgIpc) is 3.10. The molecule has 3 N–H and O–H groups in total. The maximum absolute atomic E-state index is 14.5. The summed E-state index contributed by atoms with van der Waals surface area (Å²) in [6, 6.07) is 5.34. The highest BCUT2D eigenvalue weighted by atomic mass is 19.1. The highest BCUT2D eigenvalue weighted by Crippen LogP contribution is 2.37. The molecule has 35 heavy (non-hydrogen) atoms. The van der Waals surface area contributed by atoms with Crippen LogP contribution in [0, 0.1) is 12.7 Å². The first-order valence-corrected chi connectivity index (χ1v) is 11.9. The normalized spacial score (nSPS) is 19.1. The predicted molar refractivity (Wildman–Crippen MR) is 131 cm³/mol. The van der Waals surface area contributed by atoms with Gasteiger partial charge in [-0.25, -0.2) is 9.37 Å². The lowest BCUT2D eigenvalue weighted by Gasteiger charge is -2.23. The Balaban J connectivity index is 1.27. The zero-order chi connectivity index (χ0) is 24.3. The summed E-state index contributed by atoms with van der Waals surface area (Å²) >= 11 is 0. The van der Waals surface area contributed by atoms with E-state index in [1.54, 1.807) is 34.5 Å². The van der Waals surface area contributed by atoms with Gasteiger partial charge >= 0.3 is 0 Å². The van der Waals surface area contributed by atoms with Crippen molar-refractivity contribution in [3.63, 3.8) is 0 Å². The lowest BCUT2D eigenvalue weighted by Crippen LogP contribution is -2.44. The molecule has 0 spiro atoms. The first-order valence-electron chi connectivity index (χ1n) is 11.9. The Kier molecular flexibility index (Phi) is 5.05. The number of hydrogen-bond donors (Lipinski definition) is 3. The number of nitrogens with zero attached hydrogens (tertiary/aromatic N) is 5. The molecule has 4 aromatic rings. The number of pyridine rings is 1. The third-order valence-electron chi connectivity index (χ3n) is 7.09. The molecule has 0 bridgehead atoms. The van der Waals surface area contributed by atoms with Gasteiger partial charge in [0.2, 0.25) is 0 Å². The Hall–Kier alpha value is -3.50. The van der Waals surface area contributed by atoms with Crippen LogP contribution in [0.2, 0.25) is 0 Å². The smallest absolute Gasteiger partial charge is 0.257 e. The van der Waals surface area contributed by atoms with Gasteiger partial charge in [0.1, 0.15) is 5.52 Å². The second kappa shape index (κ2) is 8.03. The van der Waals surface area contributed by atoms with Crippen molar-refractivity contribution in [1.29, 1.82) is 0 Å². The largest absolute Gasteiger partial charge is 0.394 e. The summed E-state index contributed by atoms with van der Waals surface area (Å²) in [5.74, 6) is -0.851. The lowest BCUT2D eigenvalue weighted by atomic mass is 10.1. The fraction of sp³-hybridized carbons (Fsp3) is 0.400. The van der Waals surface area contributed by atoms with Gasteiger partial charge in [0, 0.05) is 67.4 Å². The fourth-order valence-corrected chi connectivity index (χ4v) is 5.14. The van der Waals surface area contributed by atoms with E-state index >= 15 is 0 Å². The molecule has 182 valence electrons. The van der Waals surface area contributed by atoms with Crippen LogP contribution >= 0.6 is 0 Å². The molecule has 9 nitrogen and oxygen atoms in total. The number of aryl methyl sites for hydroxylation is 2. The van der Waals surface area contributed by atoms with Gasteiger partial charge in [-0.05, 0) is 38.3 Å². The minimum atomic E-state index is -0.499.